The summed E-state index contributed by atoms with van der Waals surface area (Å²) in [5, 5.41) is 3.20. The summed E-state index contributed by atoms with van der Waals surface area (Å²) in [4.78, 5) is 36.3. The number of carbonyl (C=O) groups is 3. The SMILES string of the molecule is CCCc1ccc(C(=O)CCC(=O)O[C@H](C)C(=O)Nc2ccc(Cl)cc2)cc1. The highest BCUT2D eigenvalue weighted by molar-refractivity contribution is 6.30. The Kier molecular flexibility index (Phi) is 8.20. The van der Waals surface area contributed by atoms with Gasteiger partial charge in [0.25, 0.3) is 5.91 Å². The maximum Gasteiger partial charge on any atom is 0.307 e. The van der Waals surface area contributed by atoms with Crippen molar-refractivity contribution in [3.05, 3.63) is 64.7 Å². The van der Waals surface area contributed by atoms with Crippen LogP contribution in [0.3, 0.4) is 0 Å². The Bertz CT molecular complexity index is 815. The van der Waals surface area contributed by atoms with Gasteiger partial charge in [-0.05, 0) is 43.2 Å². The zero-order chi connectivity index (χ0) is 20.5. The van der Waals surface area contributed by atoms with Crippen LogP contribution in [-0.4, -0.2) is 23.8 Å². The third kappa shape index (κ3) is 6.82. The molecule has 0 saturated carbocycles. The van der Waals surface area contributed by atoms with E-state index in [9.17, 15) is 14.4 Å². The molecular formula is C22H24ClNO4. The van der Waals surface area contributed by atoms with Crippen molar-refractivity contribution < 1.29 is 19.1 Å². The maximum atomic E-state index is 12.2. The number of hydrogen-bond donors (Lipinski definition) is 1. The predicted octanol–water partition coefficient (Wildman–Crippen LogP) is 4.83. The lowest BCUT2D eigenvalue weighted by Gasteiger charge is -2.13. The third-order valence-electron chi connectivity index (χ3n) is 4.16. The summed E-state index contributed by atoms with van der Waals surface area (Å²) in [6.45, 7) is 3.58. The number of carbonyl (C=O) groups excluding carboxylic acids is 3. The zero-order valence-electron chi connectivity index (χ0n) is 16.0. The molecule has 1 N–H and O–H groups in total. The molecule has 0 fully saturated rings. The second-order valence-electron chi connectivity index (χ2n) is 6.50. The normalized spacial score (nSPS) is 11.5. The first-order chi connectivity index (χ1) is 13.4. The Morgan fingerprint density at radius 3 is 2.25 bits per heavy atom. The maximum absolute atomic E-state index is 12.2. The lowest BCUT2D eigenvalue weighted by molar-refractivity contribution is -0.153. The predicted molar refractivity (Wildman–Crippen MR) is 110 cm³/mol. The number of nitrogens with one attached hydrogen (secondary N) is 1. The molecule has 0 aliphatic heterocycles. The fourth-order valence-electron chi connectivity index (χ4n) is 2.59. The van der Waals surface area contributed by atoms with Gasteiger partial charge in [-0.3, -0.25) is 14.4 Å². The van der Waals surface area contributed by atoms with E-state index in [-0.39, 0.29) is 18.6 Å². The zero-order valence-corrected chi connectivity index (χ0v) is 16.8. The number of aryl methyl sites for hydroxylation is 1. The van der Waals surface area contributed by atoms with Crippen molar-refractivity contribution in [1.82, 2.24) is 0 Å². The van der Waals surface area contributed by atoms with Gasteiger partial charge in [-0.25, -0.2) is 0 Å². The summed E-state index contributed by atoms with van der Waals surface area (Å²) in [5.41, 5.74) is 2.30. The number of halogens is 1. The largest absolute Gasteiger partial charge is 0.453 e. The summed E-state index contributed by atoms with van der Waals surface area (Å²) in [6.07, 6.45) is 1.01. The summed E-state index contributed by atoms with van der Waals surface area (Å²) in [7, 11) is 0. The van der Waals surface area contributed by atoms with Crippen LogP contribution in [-0.2, 0) is 20.7 Å². The lowest BCUT2D eigenvalue weighted by atomic mass is 10.0. The summed E-state index contributed by atoms with van der Waals surface area (Å²) in [6, 6.07) is 14.0. The average molecular weight is 402 g/mol. The van der Waals surface area contributed by atoms with E-state index >= 15 is 0 Å². The van der Waals surface area contributed by atoms with Crippen LogP contribution in [0.15, 0.2) is 48.5 Å². The highest BCUT2D eigenvalue weighted by Crippen LogP contribution is 2.14. The topological polar surface area (TPSA) is 72.5 Å². The minimum absolute atomic E-state index is 0.0392. The number of ketones is 1. The molecule has 2 rings (SSSR count). The average Bonchev–Trinajstić information content (AvgIpc) is 2.68. The molecule has 0 heterocycles. The van der Waals surface area contributed by atoms with Crippen molar-refractivity contribution in [1.29, 1.82) is 0 Å². The first kappa shape index (κ1) is 21.6. The minimum Gasteiger partial charge on any atom is -0.453 e. The minimum atomic E-state index is -0.966. The monoisotopic (exact) mass is 401 g/mol. The Hall–Kier alpha value is -2.66. The van der Waals surface area contributed by atoms with Gasteiger partial charge in [0.05, 0.1) is 6.42 Å². The smallest absolute Gasteiger partial charge is 0.307 e. The Morgan fingerprint density at radius 2 is 1.64 bits per heavy atom. The molecule has 0 radical (unpaired) electrons. The van der Waals surface area contributed by atoms with Gasteiger partial charge in [-0.15, -0.1) is 0 Å². The molecule has 2 aromatic rings. The van der Waals surface area contributed by atoms with Gasteiger partial charge in [0.15, 0.2) is 11.9 Å². The molecule has 6 heteroatoms. The summed E-state index contributed by atoms with van der Waals surface area (Å²) >= 11 is 5.80. The standard InChI is InChI=1S/C22H24ClNO4/c1-3-4-16-5-7-17(8-6-16)20(25)13-14-21(26)28-15(2)22(27)24-19-11-9-18(23)10-12-19/h5-12,15H,3-4,13-14H2,1-2H3,(H,24,27)/t15-/m1/s1. The number of amides is 1. The number of ether oxygens (including phenoxy) is 1. The number of rotatable bonds is 9. The van der Waals surface area contributed by atoms with Crippen LogP contribution in [0.2, 0.25) is 5.02 Å². The summed E-state index contributed by atoms with van der Waals surface area (Å²) < 4.78 is 5.12. The molecule has 28 heavy (non-hydrogen) atoms. The molecule has 5 nitrogen and oxygen atoms in total. The molecule has 0 bridgehead atoms. The number of esters is 1. The number of benzene rings is 2. The van der Waals surface area contributed by atoms with Crippen molar-refractivity contribution in [3.63, 3.8) is 0 Å². The van der Waals surface area contributed by atoms with E-state index in [1.165, 1.54) is 12.5 Å². The van der Waals surface area contributed by atoms with Crippen molar-refractivity contribution in [2.75, 3.05) is 5.32 Å². The summed E-state index contributed by atoms with van der Waals surface area (Å²) in [5.74, 6) is -1.17. The van der Waals surface area contributed by atoms with Gasteiger partial charge in [0.2, 0.25) is 0 Å². The van der Waals surface area contributed by atoms with Gasteiger partial charge >= 0.3 is 5.97 Å². The molecule has 0 spiro atoms. The van der Waals surface area contributed by atoms with Crippen LogP contribution >= 0.6 is 11.6 Å². The van der Waals surface area contributed by atoms with Crippen molar-refractivity contribution in [2.45, 2.75) is 45.6 Å². The fraction of sp³-hybridized carbons (Fsp3) is 0.318. The van der Waals surface area contributed by atoms with Gasteiger partial charge < -0.3 is 10.1 Å². The van der Waals surface area contributed by atoms with Crippen LogP contribution in [0.5, 0.6) is 0 Å². The van der Waals surface area contributed by atoms with E-state index in [4.69, 9.17) is 16.3 Å². The molecule has 0 saturated heterocycles. The highest BCUT2D eigenvalue weighted by Gasteiger charge is 2.19. The first-order valence-corrected chi connectivity index (χ1v) is 9.65. The van der Waals surface area contributed by atoms with E-state index in [1.807, 2.05) is 12.1 Å². The van der Waals surface area contributed by atoms with E-state index in [1.54, 1.807) is 36.4 Å². The van der Waals surface area contributed by atoms with Gasteiger partial charge in [0.1, 0.15) is 0 Å². The third-order valence-corrected chi connectivity index (χ3v) is 4.41. The molecule has 0 aromatic heterocycles. The van der Waals surface area contributed by atoms with Crippen molar-refractivity contribution in [3.8, 4) is 0 Å². The molecular weight excluding hydrogens is 378 g/mol. The van der Waals surface area contributed by atoms with Crippen LogP contribution in [0.1, 0.15) is 49.0 Å². The van der Waals surface area contributed by atoms with Gasteiger partial charge in [0, 0.05) is 22.7 Å². The van der Waals surface area contributed by atoms with Crippen LogP contribution < -0.4 is 5.32 Å². The van der Waals surface area contributed by atoms with Crippen molar-refractivity contribution >= 4 is 34.9 Å². The molecule has 0 aliphatic rings. The van der Waals surface area contributed by atoms with Crippen LogP contribution in [0.25, 0.3) is 0 Å². The number of Topliss-reactive ketones (excluding diaryl/α,β-unsaturated/α-hetero) is 1. The molecule has 0 unspecified atom stereocenters. The van der Waals surface area contributed by atoms with E-state index in [0.29, 0.717) is 16.3 Å². The highest BCUT2D eigenvalue weighted by atomic mass is 35.5. The Labute approximate surface area is 170 Å². The van der Waals surface area contributed by atoms with Gasteiger partial charge in [-0.1, -0.05) is 49.2 Å². The van der Waals surface area contributed by atoms with E-state index in [0.717, 1.165) is 12.8 Å². The van der Waals surface area contributed by atoms with Crippen LogP contribution in [0.4, 0.5) is 5.69 Å². The second-order valence-corrected chi connectivity index (χ2v) is 6.93. The number of anilines is 1. The quantitative estimate of drug-likeness (QED) is 0.482. The molecule has 0 aliphatic carbocycles. The lowest BCUT2D eigenvalue weighted by Crippen LogP contribution is -2.30. The second kappa shape index (κ2) is 10.6. The first-order valence-electron chi connectivity index (χ1n) is 9.27. The molecule has 148 valence electrons. The van der Waals surface area contributed by atoms with Crippen LogP contribution in [0, 0.1) is 0 Å². The molecule has 1 atom stereocenters. The number of hydrogen-bond acceptors (Lipinski definition) is 4. The van der Waals surface area contributed by atoms with E-state index < -0.39 is 18.0 Å². The van der Waals surface area contributed by atoms with Gasteiger partial charge in [-0.2, -0.15) is 0 Å². The Morgan fingerprint density at radius 1 is 1.00 bits per heavy atom. The molecule has 1 amide bonds. The fourth-order valence-corrected chi connectivity index (χ4v) is 2.72. The van der Waals surface area contributed by atoms with Crippen molar-refractivity contribution in [2.24, 2.45) is 0 Å². The molecule has 2 aromatic carbocycles. The Balaban J connectivity index is 1.78. The van der Waals surface area contributed by atoms with E-state index in [2.05, 4.69) is 12.2 Å².